The van der Waals surface area contributed by atoms with E-state index in [-0.39, 0.29) is 36.7 Å². The van der Waals surface area contributed by atoms with Gasteiger partial charge in [0.05, 0.1) is 12.4 Å². The summed E-state index contributed by atoms with van der Waals surface area (Å²) < 4.78 is 28.3. The monoisotopic (exact) mass is 330 g/mol. The Hall–Kier alpha value is 0.910. The van der Waals surface area contributed by atoms with Gasteiger partial charge in [0.25, 0.3) is 10.1 Å². The maximum atomic E-state index is 11.6. The zero-order chi connectivity index (χ0) is 15.1. The third-order valence-electron chi connectivity index (χ3n) is 3.51. The maximum absolute atomic E-state index is 11.6. The molecule has 0 aromatic rings. The van der Waals surface area contributed by atoms with Gasteiger partial charge < -0.3 is 1.43 Å². The molecule has 0 fully saturated rings. The van der Waals surface area contributed by atoms with E-state index in [4.69, 9.17) is 4.18 Å². The number of unbranched alkanes of at least 4 members (excludes halogenated alkanes) is 10. The quantitative estimate of drug-likeness (QED) is 0.263. The van der Waals surface area contributed by atoms with Crippen LogP contribution in [0.2, 0.25) is 0 Å². The van der Waals surface area contributed by atoms with Gasteiger partial charge in [0.1, 0.15) is 0 Å². The molecule has 0 aliphatic rings. The summed E-state index contributed by atoms with van der Waals surface area (Å²) in [6.45, 7) is 4.74. The summed E-state index contributed by atoms with van der Waals surface area (Å²) in [5, 5.41) is 0. The predicted molar refractivity (Wildman–Crippen MR) is 87.6 cm³/mol. The Morgan fingerprint density at radius 2 is 1.14 bits per heavy atom. The van der Waals surface area contributed by atoms with Crippen LogP contribution in [0.25, 0.3) is 0 Å². The summed E-state index contributed by atoms with van der Waals surface area (Å²) in [5.41, 5.74) is 0. The smallest absolute Gasteiger partial charge is 1.00 e. The molecule has 0 saturated heterocycles. The molecular formula is C16H35NaO3S. The Morgan fingerprint density at radius 3 is 1.67 bits per heavy atom. The van der Waals surface area contributed by atoms with Crippen molar-refractivity contribution in [1.29, 1.82) is 0 Å². The first-order valence-corrected chi connectivity index (χ1v) is 10.1. The Bertz CT molecular complexity index is 298. The van der Waals surface area contributed by atoms with E-state index in [0.717, 1.165) is 32.1 Å². The van der Waals surface area contributed by atoms with Gasteiger partial charge in [-0.2, -0.15) is 8.42 Å². The van der Waals surface area contributed by atoms with Crippen molar-refractivity contribution in [2.75, 3.05) is 12.4 Å². The topological polar surface area (TPSA) is 43.4 Å². The molecule has 0 bridgehead atoms. The van der Waals surface area contributed by atoms with Crippen molar-refractivity contribution in [2.45, 2.75) is 90.9 Å². The van der Waals surface area contributed by atoms with E-state index in [1.807, 2.05) is 0 Å². The van der Waals surface area contributed by atoms with Gasteiger partial charge in [-0.15, -0.1) is 0 Å². The van der Waals surface area contributed by atoms with Crippen molar-refractivity contribution < 1.29 is 43.6 Å². The van der Waals surface area contributed by atoms with E-state index in [9.17, 15) is 8.42 Å². The Kier molecular flexibility index (Phi) is 19.9. The van der Waals surface area contributed by atoms with Crippen molar-refractivity contribution >= 4 is 10.1 Å². The van der Waals surface area contributed by atoms with Gasteiger partial charge in [0.2, 0.25) is 0 Å². The maximum Gasteiger partial charge on any atom is 1.00 e. The van der Waals surface area contributed by atoms with E-state index in [1.165, 1.54) is 44.9 Å². The number of hydrogen-bond acceptors (Lipinski definition) is 3. The Labute approximate surface area is 156 Å². The van der Waals surface area contributed by atoms with E-state index in [0.29, 0.717) is 6.61 Å². The molecule has 0 rings (SSSR count). The molecule has 124 valence electrons. The molecule has 3 nitrogen and oxygen atoms in total. The van der Waals surface area contributed by atoms with Crippen LogP contribution >= 0.6 is 0 Å². The molecule has 0 aromatic carbocycles. The van der Waals surface area contributed by atoms with E-state index in [2.05, 4.69) is 13.8 Å². The zero-order valence-corrected chi connectivity index (χ0v) is 17.3. The largest absolute Gasteiger partial charge is 1.00 e. The van der Waals surface area contributed by atoms with Crippen molar-refractivity contribution in [3.63, 3.8) is 0 Å². The number of hydrogen-bond donors (Lipinski definition) is 0. The second-order valence-corrected chi connectivity index (χ2v) is 7.38. The second-order valence-electron chi connectivity index (χ2n) is 5.62. The minimum Gasteiger partial charge on any atom is -1.00 e. The first-order chi connectivity index (χ1) is 9.62. The zero-order valence-electron chi connectivity index (χ0n) is 15.5. The fourth-order valence-electron chi connectivity index (χ4n) is 2.19. The molecule has 21 heavy (non-hydrogen) atoms. The summed E-state index contributed by atoms with van der Waals surface area (Å²) in [6, 6.07) is 0. The third-order valence-corrected chi connectivity index (χ3v) is 4.82. The molecule has 0 amide bonds. The fourth-order valence-corrected chi connectivity index (χ4v) is 3.23. The van der Waals surface area contributed by atoms with Gasteiger partial charge in [-0.1, -0.05) is 78.1 Å². The van der Waals surface area contributed by atoms with Gasteiger partial charge in [-0.25, -0.2) is 0 Å². The molecule has 0 spiro atoms. The molecule has 0 radical (unpaired) electrons. The summed E-state index contributed by atoms with van der Waals surface area (Å²) in [4.78, 5) is 0. The summed E-state index contributed by atoms with van der Waals surface area (Å²) in [6.07, 6.45) is 13.5. The van der Waals surface area contributed by atoms with Gasteiger partial charge >= 0.3 is 29.6 Å². The van der Waals surface area contributed by atoms with Crippen molar-refractivity contribution in [3.8, 4) is 0 Å². The van der Waals surface area contributed by atoms with Crippen LogP contribution in [0.15, 0.2) is 0 Å². The standard InChI is InChI=1S/C16H34O3S.Na.H/c1-3-5-7-9-11-13-15-19-20(17,18)16-14-12-10-8-6-4-2;;/h3-16H2,1-2H3;;/q;+1;-1. The number of rotatable bonds is 15. The minimum absolute atomic E-state index is 0. The van der Waals surface area contributed by atoms with Gasteiger partial charge in [-0.05, 0) is 12.8 Å². The van der Waals surface area contributed by atoms with Crippen molar-refractivity contribution in [2.24, 2.45) is 0 Å². The summed E-state index contributed by atoms with van der Waals surface area (Å²) in [5.74, 6) is 0.189. The normalized spacial score (nSPS) is 11.3. The Balaban J connectivity index is -0.00000180. The minimum atomic E-state index is -3.27. The first kappa shape index (κ1) is 24.2. The molecule has 0 aliphatic heterocycles. The second kappa shape index (κ2) is 17.3. The van der Waals surface area contributed by atoms with Crippen LogP contribution in [-0.4, -0.2) is 20.8 Å². The molecule has 0 heterocycles. The first-order valence-electron chi connectivity index (χ1n) is 8.49. The van der Waals surface area contributed by atoms with Gasteiger partial charge in [-0.3, -0.25) is 4.18 Å². The van der Waals surface area contributed by atoms with Crippen LogP contribution in [0.4, 0.5) is 0 Å². The van der Waals surface area contributed by atoms with Crippen LogP contribution in [0.1, 0.15) is 92.3 Å². The SMILES string of the molecule is CCCCCCCCOS(=O)(=O)CCCCCCCC.[H-].[Na+]. The average Bonchev–Trinajstić information content (AvgIpc) is 2.41. The van der Waals surface area contributed by atoms with Crippen LogP contribution < -0.4 is 29.6 Å². The van der Waals surface area contributed by atoms with Crippen LogP contribution in [0.3, 0.4) is 0 Å². The molecular weight excluding hydrogens is 295 g/mol. The molecule has 0 aromatic heterocycles. The van der Waals surface area contributed by atoms with E-state index < -0.39 is 10.1 Å². The molecule has 0 atom stereocenters. The summed E-state index contributed by atoms with van der Waals surface area (Å²) >= 11 is 0. The molecule has 0 N–H and O–H groups in total. The van der Waals surface area contributed by atoms with Gasteiger partial charge in [0, 0.05) is 0 Å². The average molecular weight is 331 g/mol. The van der Waals surface area contributed by atoms with Crippen molar-refractivity contribution in [3.05, 3.63) is 0 Å². The molecule has 0 aliphatic carbocycles. The van der Waals surface area contributed by atoms with E-state index in [1.54, 1.807) is 0 Å². The van der Waals surface area contributed by atoms with Crippen LogP contribution in [0.5, 0.6) is 0 Å². The van der Waals surface area contributed by atoms with E-state index >= 15 is 0 Å². The fraction of sp³-hybridized carbons (Fsp3) is 1.00. The Morgan fingerprint density at radius 1 is 0.714 bits per heavy atom. The van der Waals surface area contributed by atoms with Gasteiger partial charge in [0.15, 0.2) is 0 Å². The van der Waals surface area contributed by atoms with Crippen LogP contribution in [-0.2, 0) is 14.3 Å². The summed E-state index contributed by atoms with van der Waals surface area (Å²) in [7, 11) is -3.27. The van der Waals surface area contributed by atoms with Crippen LogP contribution in [0, 0.1) is 0 Å². The molecule has 5 heteroatoms. The third kappa shape index (κ3) is 18.9. The predicted octanol–water partition coefficient (Wildman–Crippen LogP) is 2.17. The van der Waals surface area contributed by atoms with Crippen molar-refractivity contribution in [1.82, 2.24) is 0 Å². The molecule has 0 unspecified atom stereocenters. The molecule has 0 saturated carbocycles.